The van der Waals surface area contributed by atoms with Gasteiger partial charge in [-0.25, -0.2) is 9.59 Å². The lowest BCUT2D eigenvalue weighted by Crippen LogP contribution is -2.32. The Labute approximate surface area is 227 Å². The number of carbonyl (C=O) groups excluding carboxylic acids is 2. The fraction of sp³-hybridized carbons (Fsp3) is 0.786. The fourth-order valence-electron chi connectivity index (χ4n) is 4.09. The third-order valence-corrected chi connectivity index (χ3v) is 6.13. The first-order valence-electron chi connectivity index (χ1n) is 14.2. The molecule has 2 N–H and O–H groups in total. The highest BCUT2D eigenvalue weighted by Gasteiger charge is 2.15. The Kier molecular flexibility index (Phi) is 19.3. The molecule has 0 saturated carbocycles. The Hall–Kier alpha value is -2.14. The normalized spacial score (nSPS) is 21.7. The van der Waals surface area contributed by atoms with Crippen LogP contribution in [0.25, 0.3) is 0 Å². The summed E-state index contributed by atoms with van der Waals surface area (Å²) in [5.41, 5.74) is 0. The van der Waals surface area contributed by atoms with Gasteiger partial charge in [-0.2, -0.15) is 0 Å². The van der Waals surface area contributed by atoms with Crippen LogP contribution in [-0.4, -0.2) is 90.3 Å². The van der Waals surface area contributed by atoms with E-state index in [0.29, 0.717) is 65.9 Å². The predicted octanol–water partition coefficient (Wildman–Crippen LogP) is 4.28. The van der Waals surface area contributed by atoms with Gasteiger partial charge < -0.3 is 39.1 Å². The van der Waals surface area contributed by atoms with E-state index >= 15 is 0 Å². The van der Waals surface area contributed by atoms with Crippen LogP contribution < -0.4 is 10.6 Å². The highest BCUT2D eigenvalue weighted by Crippen LogP contribution is 2.16. The molecule has 0 aromatic carbocycles. The van der Waals surface area contributed by atoms with E-state index in [1.165, 1.54) is 0 Å². The molecule has 2 amide bonds. The van der Waals surface area contributed by atoms with Crippen LogP contribution in [0, 0.1) is 0 Å². The molecule has 2 aliphatic rings. The molecule has 38 heavy (non-hydrogen) atoms. The van der Waals surface area contributed by atoms with Gasteiger partial charge in [0.2, 0.25) is 0 Å². The first-order chi connectivity index (χ1) is 18.7. The summed E-state index contributed by atoms with van der Waals surface area (Å²) < 4.78 is 32.8. The van der Waals surface area contributed by atoms with Crippen molar-refractivity contribution in [3.63, 3.8) is 0 Å². The fourth-order valence-corrected chi connectivity index (χ4v) is 4.09. The van der Waals surface area contributed by atoms with Gasteiger partial charge in [-0.3, -0.25) is 0 Å². The van der Waals surface area contributed by atoms with Gasteiger partial charge in [0, 0.05) is 13.1 Å². The molecule has 0 saturated heterocycles. The van der Waals surface area contributed by atoms with Gasteiger partial charge >= 0.3 is 12.2 Å². The second kappa shape index (κ2) is 22.8. The maximum Gasteiger partial charge on any atom is 0.407 e. The van der Waals surface area contributed by atoms with E-state index in [1.54, 1.807) is 0 Å². The smallest absolute Gasteiger partial charge is 0.407 e. The Morgan fingerprint density at radius 2 is 0.895 bits per heavy atom. The van der Waals surface area contributed by atoms with Crippen LogP contribution in [0.15, 0.2) is 24.3 Å². The molecule has 0 spiro atoms. The zero-order chi connectivity index (χ0) is 26.9. The molecule has 10 heteroatoms. The van der Waals surface area contributed by atoms with E-state index in [9.17, 15) is 9.59 Å². The summed E-state index contributed by atoms with van der Waals surface area (Å²) in [6.07, 6.45) is 17.6. The Morgan fingerprint density at radius 1 is 0.526 bits per heavy atom. The third-order valence-electron chi connectivity index (χ3n) is 6.13. The number of nitrogens with one attached hydrogen (secondary N) is 2. The number of alkyl carbamates (subject to hydrolysis) is 2. The van der Waals surface area contributed by atoms with Crippen LogP contribution in [0.2, 0.25) is 0 Å². The molecule has 218 valence electrons. The Morgan fingerprint density at radius 3 is 1.32 bits per heavy atom. The minimum atomic E-state index is -0.377. The van der Waals surface area contributed by atoms with Crippen molar-refractivity contribution in [2.45, 2.75) is 76.4 Å². The standard InChI is InChI=1S/C28H48N2O8/c31-27(37-25-11-7-3-1-4-8-12-25)29-15-17-33-19-21-35-23-24-36-22-20-34-18-16-30-28(32)38-26-13-9-5-2-6-10-14-26/h1-3,5,25-26H,4,6-24H2,(H,29,31)(H,30,32)/b3-1+,5-2+. The van der Waals surface area contributed by atoms with Crippen molar-refractivity contribution in [3.8, 4) is 0 Å². The van der Waals surface area contributed by atoms with Gasteiger partial charge in [0.25, 0.3) is 0 Å². The largest absolute Gasteiger partial charge is 0.446 e. The average Bonchev–Trinajstić information content (AvgIpc) is 2.87. The van der Waals surface area contributed by atoms with Gasteiger partial charge in [0.05, 0.1) is 52.9 Å². The van der Waals surface area contributed by atoms with E-state index in [2.05, 4.69) is 34.9 Å². The average molecular weight is 541 g/mol. The summed E-state index contributed by atoms with van der Waals surface area (Å²) in [7, 11) is 0. The van der Waals surface area contributed by atoms with Crippen LogP contribution >= 0.6 is 0 Å². The third kappa shape index (κ3) is 18.2. The molecule has 2 aliphatic carbocycles. The van der Waals surface area contributed by atoms with E-state index < -0.39 is 0 Å². The molecule has 0 aromatic rings. The molecule has 2 rings (SSSR count). The molecule has 0 fully saturated rings. The monoisotopic (exact) mass is 540 g/mol. The highest BCUT2D eigenvalue weighted by atomic mass is 16.6. The van der Waals surface area contributed by atoms with Gasteiger partial charge in [0.1, 0.15) is 12.2 Å². The number of rotatable bonds is 17. The summed E-state index contributed by atoms with van der Waals surface area (Å²) in [5, 5.41) is 5.46. The van der Waals surface area contributed by atoms with Crippen molar-refractivity contribution in [2.24, 2.45) is 0 Å². The first kappa shape index (κ1) is 32.1. The molecule has 0 heterocycles. The Bertz CT molecular complexity index is 617. The summed E-state index contributed by atoms with van der Waals surface area (Å²) in [4.78, 5) is 23.8. The van der Waals surface area contributed by atoms with Gasteiger partial charge in [-0.15, -0.1) is 0 Å². The summed E-state index contributed by atoms with van der Waals surface area (Å²) in [6, 6.07) is 0. The van der Waals surface area contributed by atoms with Gasteiger partial charge in [0.15, 0.2) is 0 Å². The SMILES string of the molecule is O=C(NCCOCCOCCOCCOCCNC(=O)OC1CC/C=C/CCC1)OC1CC/C=C/CCC1. The summed E-state index contributed by atoms with van der Waals surface area (Å²) in [5.74, 6) is 0. The first-order valence-corrected chi connectivity index (χ1v) is 14.2. The van der Waals surface area contributed by atoms with E-state index in [1.807, 2.05) is 0 Å². The van der Waals surface area contributed by atoms with Crippen molar-refractivity contribution in [1.29, 1.82) is 0 Å². The minimum Gasteiger partial charge on any atom is -0.446 e. The summed E-state index contributed by atoms with van der Waals surface area (Å²) >= 11 is 0. The highest BCUT2D eigenvalue weighted by molar-refractivity contribution is 5.67. The quantitative estimate of drug-likeness (QED) is 0.208. The number of allylic oxidation sites excluding steroid dienone is 4. The van der Waals surface area contributed by atoms with Gasteiger partial charge in [-0.1, -0.05) is 24.3 Å². The zero-order valence-electron chi connectivity index (χ0n) is 22.9. The van der Waals surface area contributed by atoms with Crippen LogP contribution in [0.3, 0.4) is 0 Å². The van der Waals surface area contributed by atoms with E-state index in [4.69, 9.17) is 28.4 Å². The molecule has 10 nitrogen and oxygen atoms in total. The molecule has 0 bridgehead atoms. The van der Waals surface area contributed by atoms with Crippen molar-refractivity contribution in [1.82, 2.24) is 10.6 Å². The Balaban J connectivity index is 1.27. The molecule has 0 radical (unpaired) electrons. The number of ether oxygens (including phenoxy) is 6. The van der Waals surface area contributed by atoms with Crippen molar-refractivity contribution in [2.75, 3.05) is 65.9 Å². The number of hydrogen-bond donors (Lipinski definition) is 2. The number of hydrogen-bond acceptors (Lipinski definition) is 8. The van der Waals surface area contributed by atoms with Crippen LogP contribution in [0.1, 0.15) is 64.2 Å². The lowest BCUT2D eigenvalue weighted by Gasteiger charge is -2.18. The van der Waals surface area contributed by atoms with Crippen LogP contribution in [0.5, 0.6) is 0 Å². The van der Waals surface area contributed by atoms with Gasteiger partial charge in [-0.05, 0) is 64.2 Å². The number of carbonyl (C=O) groups is 2. The maximum absolute atomic E-state index is 11.9. The van der Waals surface area contributed by atoms with Crippen molar-refractivity contribution >= 4 is 12.2 Å². The molecule has 2 unspecified atom stereocenters. The van der Waals surface area contributed by atoms with Crippen molar-refractivity contribution in [3.05, 3.63) is 24.3 Å². The van der Waals surface area contributed by atoms with Crippen LogP contribution in [0.4, 0.5) is 9.59 Å². The maximum atomic E-state index is 11.9. The molecule has 0 aromatic heterocycles. The summed E-state index contributed by atoms with van der Waals surface area (Å²) in [6.45, 7) is 4.37. The molecule has 0 aliphatic heterocycles. The second-order valence-corrected chi connectivity index (χ2v) is 9.32. The second-order valence-electron chi connectivity index (χ2n) is 9.32. The zero-order valence-corrected chi connectivity index (χ0v) is 22.9. The molecular weight excluding hydrogens is 492 g/mol. The minimum absolute atomic E-state index is 0.00527. The lowest BCUT2D eigenvalue weighted by molar-refractivity contribution is -0.00139. The van der Waals surface area contributed by atoms with E-state index in [-0.39, 0.29) is 24.4 Å². The molecule has 2 atom stereocenters. The molecular formula is C28H48N2O8. The van der Waals surface area contributed by atoms with Crippen LogP contribution in [-0.2, 0) is 28.4 Å². The topological polar surface area (TPSA) is 114 Å². The van der Waals surface area contributed by atoms with E-state index in [0.717, 1.165) is 64.2 Å². The van der Waals surface area contributed by atoms with Crippen molar-refractivity contribution < 1.29 is 38.0 Å². The predicted molar refractivity (Wildman–Crippen MR) is 144 cm³/mol. The lowest BCUT2D eigenvalue weighted by atomic mass is 10.0. The number of amides is 2.